The molecule has 0 saturated carbocycles. The fraction of sp³-hybridized carbons (Fsp3) is 0.200. The first-order valence-electron chi connectivity index (χ1n) is 5.78. The van der Waals surface area contributed by atoms with Crippen LogP contribution in [0.1, 0.15) is 22.7 Å². The van der Waals surface area contributed by atoms with Crippen LogP contribution in [0.2, 0.25) is 0 Å². The van der Waals surface area contributed by atoms with E-state index in [-0.39, 0.29) is 6.04 Å². The van der Waals surface area contributed by atoms with Crippen molar-refractivity contribution in [2.24, 2.45) is 5.73 Å². The third kappa shape index (κ3) is 2.57. The van der Waals surface area contributed by atoms with Gasteiger partial charge in [-0.3, -0.25) is 0 Å². The Balaban J connectivity index is 2.41. The number of halogens is 1. The number of para-hydroxylation sites is 1. The van der Waals surface area contributed by atoms with Gasteiger partial charge in [0.2, 0.25) is 0 Å². The summed E-state index contributed by atoms with van der Waals surface area (Å²) in [5.41, 5.74) is 9.58. The minimum Gasteiger partial charge on any atom is -0.496 e. The normalized spacial score (nSPS) is 12.2. The van der Waals surface area contributed by atoms with E-state index < -0.39 is 0 Å². The second-order valence-electron chi connectivity index (χ2n) is 4.23. The van der Waals surface area contributed by atoms with Crippen molar-refractivity contribution in [2.75, 3.05) is 7.11 Å². The predicted octanol–water partition coefficient (Wildman–Crippen LogP) is 3.81. The summed E-state index contributed by atoms with van der Waals surface area (Å²) in [6, 6.07) is 13.8. The Kier molecular flexibility index (Phi) is 4.04. The minimum absolute atomic E-state index is 0.173. The van der Waals surface area contributed by atoms with Gasteiger partial charge in [0.1, 0.15) is 5.75 Å². The molecular weight excluding hydrogens is 290 g/mol. The highest BCUT2D eigenvalue weighted by Gasteiger charge is 2.13. The van der Waals surface area contributed by atoms with E-state index in [1.54, 1.807) is 7.11 Å². The van der Waals surface area contributed by atoms with E-state index in [1.165, 1.54) is 5.56 Å². The average Bonchev–Trinajstić information content (AvgIpc) is 2.41. The summed E-state index contributed by atoms with van der Waals surface area (Å²) in [5.74, 6) is 0.825. The van der Waals surface area contributed by atoms with E-state index >= 15 is 0 Å². The Morgan fingerprint density at radius 2 is 1.89 bits per heavy atom. The smallest absolute Gasteiger partial charge is 0.123 e. The highest BCUT2D eigenvalue weighted by Crippen LogP contribution is 2.29. The number of ether oxygens (including phenoxy) is 1. The van der Waals surface area contributed by atoms with E-state index in [4.69, 9.17) is 10.5 Å². The van der Waals surface area contributed by atoms with Crippen LogP contribution in [-0.4, -0.2) is 7.11 Å². The number of rotatable bonds is 3. The van der Waals surface area contributed by atoms with Crippen LogP contribution in [0.15, 0.2) is 46.9 Å². The first-order chi connectivity index (χ1) is 8.63. The average molecular weight is 306 g/mol. The monoisotopic (exact) mass is 305 g/mol. The van der Waals surface area contributed by atoms with E-state index in [2.05, 4.69) is 28.9 Å². The van der Waals surface area contributed by atoms with Gasteiger partial charge in [0, 0.05) is 10.0 Å². The van der Waals surface area contributed by atoms with Gasteiger partial charge in [-0.05, 0) is 30.2 Å². The lowest BCUT2D eigenvalue weighted by Gasteiger charge is -2.16. The molecule has 94 valence electrons. The summed E-state index contributed by atoms with van der Waals surface area (Å²) in [6.07, 6.45) is 0. The van der Waals surface area contributed by atoms with Gasteiger partial charge in [-0.15, -0.1) is 0 Å². The summed E-state index contributed by atoms with van der Waals surface area (Å²) >= 11 is 3.50. The van der Waals surface area contributed by atoms with Gasteiger partial charge in [0.25, 0.3) is 0 Å². The van der Waals surface area contributed by atoms with Crippen LogP contribution in [0, 0.1) is 6.92 Å². The Bertz CT molecular complexity index is 554. The third-order valence-corrected chi connectivity index (χ3v) is 3.90. The maximum atomic E-state index is 6.32. The summed E-state index contributed by atoms with van der Waals surface area (Å²) in [6.45, 7) is 2.06. The number of benzene rings is 2. The Hall–Kier alpha value is -1.32. The van der Waals surface area contributed by atoms with Crippen LogP contribution < -0.4 is 10.5 Å². The molecule has 0 aliphatic rings. The van der Waals surface area contributed by atoms with Gasteiger partial charge in [0.05, 0.1) is 13.2 Å². The predicted molar refractivity (Wildman–Crippen MR) is 77.9 cm³/mol. The second kappa shape index (κ2) is 5.55. The van der Waals surface area contributed by atoms with Crippen molar-refractivity contribution in [1.82, 2.24) is 0 Å². The van der Waals surface area contributed by atoms with Crippen LogP contribution in [0.3, 0.4) is 0 Å². The molecule has 0 aliphatic carbocycles. The highest BCUT2D eigenvalue weighted by atomic mass is 79.9. The molecule has 3 heteroatoms. The molecule has 18 heavy (non-hydrogen) atoms. The van der Waals surface area contributed by atoms with Crippen LogP contribution in [-0.2, 0) is 0 Å². The van der Waals surface area contributed by atoms with E-state index in [0.717, 1.165) is 21.3 Å². The zero-order chi connectivity index (χ0) is 13.1. The molecule has 0 bridgehead atoms. The van der Waals surface area contributed by atoms with Crippen molar-refractivity contribution in [3.05, 3.63) is 63.6 Å². The lowest BCUT2D eigenvalue weighted by atomic mass is 9.97. The van der Waals surface area contributed by atoms with Gasteiger partial charge in [-0.1, -0.05) is 46.3 Å². The highest BCUT2D eigenvalue weighted by molar-refractivity contribution is 9.10. The molecule has 0 radical (unpaired) electrons. The van der Waals surface area contributed by atoms with Crippen LogP contribution >= 0.6 is 15.9 Å². The summed E-state index contributed by atoms with van der Waals surface area (Å²) < 4.78 is 6.45. The first kappa shape index (κ1) is 13.1. The summed E-state index contributed by atoms with van der Waals surface area (Å²) in [4.78, 5) is 0. The molecule has 2 nitrogen and oxygen atoms in total. The maximum absolute atomic E-state index is 6.32. The molecule has 0 saturated heterocycles. The number of hydrogen-bond donors (Lipinski definition) is 1. The molecule has 2 N–H and O–H groups in total. The minimum atomic E-state index is -0.173. The Morgan fingerprint density at radius 3 is 2.56 bits per heavy atom. The van der Waals surface area contributed by atoms with Gasteiger partial charge >= 0.3 is 0 Å². The molecule has 0 aliphatic heterocycles. The Morgan fingerprint density at radius 1 is 1.17 bits per heavy atom. The van der Waals surface area contributed by atoms with Crippen LogP contribution in [0.25, 0.3) is 0 Å². The maximum Gasteiger partial charge on any atom is 0.123 e. The van der Waals surface area contributed by atoms with E-state index in [0.29, 0.717) is 0 Å². The summed E-state index contributed by atoms with van der Waals surface area (Å²) in [5, 5.41) is 0. The van der Waals surface area contributed by atoms with Crippen molar-refractivity contribution in [3.63, 3.8) is 0 Å². The SMILES string of the molecule is COc1ccccc1C(N)c1ccc(Br)c(C)c1. The molecule has 0 aromatic heterocycles. The molecule has 0 amide bonds. The standard InChI is InChI=1S/C15H16BrNO/c1-10-9-11(7-8-13(10)16)15(17)12-5-3-4-6-14(12)18-2/h3-9,15H,17H2,1-2H3. The number of methoxy groups -OCH3 is 1. The van der Waals surface area contributed by atoms with Crippen molar-refractivity contribution in [3.8, 4) is 5.75 Å². The van der Waals surface area contributed by atoms with Crippen molar-refractivity contribution in [2.45, 2.75) is 13.0 Å². The largest absolute Gasteiger partial charge is 0.496 e. The van der Waals surface area contributed by atoms with Crippen LogP contribution in [0.5, 0.6) is 5.75 Å². The van der Waals surface area contributed by atoms with Gasteiger partial charge < -0.3 is 10.5 Å². The number of hydrogen-bond acceptors (Lipinski definition) is 2. The van der Waals surface area contributed by atoms with Crippen molar-refractivity contribution < 1.29 is 4.74 Å². The molecule has 1 unspecified atom stereocenters. The molecule has 2 rings (SSSR count). The molecule has 1 atom stereocenters. The lowest BCUT2D eigenvalue weighted by Crippen LogP contribution is -2.13. The topological polar surface area (TPSA) is 35.2 Å². The summed E-state index contributed by atoms with van der Waals surface area (Å²) in [7, 11) is 1.67. The third-order valence-electron chi connectivity index (χ3n) is 3.02. The molecule has 0 fully saturated rings. The van der Waals surface area contributed by atoms with Gasteiger partial charge in [-0.2, -0.15) is 0 Å². The second-order valence-corrected chi connectivity index (χ2v) is 5.08. The zero-order valence-electron chi connectivity index (χ0n) is 10.5. The van der Waals surface area contributed by atoms with Gasteiger partial charge in [-0.25, -0.2) is 0 Å². The molecule has 2 aromatic carbocycles. The van der Waals surface area contributed by atoms with Gasteiger partial charge in [0.15, 0.2) is 0 Å². The van der Waals surface area contributed by atoms with Crippen LogP contribution in [0.4, 0.5) is 0 Å². The molecule has 2 aromatic rings. The fourth-order valence-electron chi connectivity index (χ4n) is 1.96. The van der Waals surface area contributed by atoms with Crippen molar-refractivity contribution in [1.29, 1.82) is 0 Å². The first-order valence-corrected chi connectivity index (χ1v) is 6.57. The molecule has 0 spiro atoms. The molecule has 0 heterocycles. The molecular formula is C15H16BrNO. The van der Waals surface area contributed by atoms with Crippen molar-refractivity contribution >= 4 is 15.9 Å². The quantitative estimate of drug-likeness (QED) is 0.936. The van der Waals surface area contributed by atoms with E-state index in [9.17, 15) is 0 Å². The lowest BCUT2D eigenvalue weighted by molar-refractivity contribution is 0.408. The van der Waals surface area contributed by atoms with E-state index in [1.807, 2.05) is 36.4 Å². The fourth-order valence-corrected chi connectivity index (χ4v) is 2.21. The number of aryl methyl sites for hydroxylation is 1. The Labute approximate surface area is 116 Å². The zero-order valence-corrected chi connectivity index (χ0v) is 12.1. The number of nitrogens with two attached hydrogens (primary N) is 1.